The fourth-order valence-electron chi connectivity index (χ4n) is 6.04. The van der Waals surface area contributed by atoms with Gasteiger partial charge in [0.15, 0.2) is 0 Å². The van der Waals surface area contributed by atoms with Crippen molar-refractivity contribution in [3.63, 3.8) is 0 Å². The van der Waals surface area contributed by atoms with Crippen LogP contribution in [0.25, 0.3) is 0 Å². The van der Waals surface area contributed by atoms with Crippen molar-refractivity contribution in [1.29, 1.82) is 0 Å². The van der Waals surface area contributed by atoms with Crippen molar-refractivity contribution in [2.45, 2.75) is 175 Å². The van der Waals surface area contributed by atoms with Gasteiger partial charge >= 0.3 is 11.9 Å². The zero-order chi connectivity index (χ0) is 27.7. The second-order valence-electron chi connectivity index (χ2n) is 11.8. The molecule has 37 heavy (non-hydrogen) atoms. The lowest BCUT2D eigenvalue weighted by molar-refractivity contribution is -0.144. The molecular formula is C33H64O4. The fraction of sp³-hybridized carbons (Fsp3) is 0.939. The Morgan fingerprint density at radius 3 is 1.30 bits per heavy atom. The number of carboxylic acids is 2. The van der Waals surface area contributed by atoms with E-state index in [9.17, 15) is 14.7 Å². The van der Waals surface area contributed by atoms with E-state index in [-0.39, 0.29) is 5.92 Å². The highest BCUT2D eigenvalue weighted by Gasteiger charge is 2.31. The Hall–Kier alpha value is -1.06. The van der Waals surface area contributed by atoms with E-state index in [2.05, 4.69) is 27.7 Å². The zero-order valence-corrected chi connectivity index (χ0v) is 25.3. The van der Waals surface area contributed by atoms with Gasteiger partial charge in [0.05, 0.1) is 5.92 Å². The van der Waals surface area contributed by atoms with Crippen molar-refractivity contribution in [2.24, 2.45) is 23.7 Å². The van der Waals surface area contributed by atoms with Crippen molar-refractivity contribution in [3.05, 3.63) is 0 Å². The second-order valence-corrected chi connectivity index (χ2v) is 11.8. The lowest BCUT2D eigenvalue weighted by atomic mass is 9.74. The van der Waals surface area contributed by atoms with E-state index < -0.39 is 11.9 Å². The molecule has 4 nitrogen and oxygen atoms in total. The van der Waals surface area contributed by atoms with Gasteiger partial charge in [0, 0.05) is 6.42 Å². The largest absolute Gasteiger partial charge is 0.481 e. The number of carboxylic acid groups (broad SMARTS) is 2. The molecule has 0 saturated heterocycles. The van der Waals surface area contributed by atoms with Crippen LogP contribution in [-0.2, 0) is 9.59 Å². The average molecular weight is 525 g/mol. The molecule has 0 aromatic carbocycles. The normalized spacial score (nSPS) is 14.8. The van der Waals surface area contributed by atoms with Gasteiger partial charge in [0.2, 0.25) is 0 Å². The first-order chi connectivity index (χ1) is 17.9. The van der Waals surface area contributed by atoms with E-state index in [1.165, 1.54) is 89.9 Å². The number of unbranched alkanes of at least 4 members (excludes halogenated alkanes) is 12. The van der Waals surface area contributed by atoms with Gasteiger partial charge in [-0.3, -0.25) is 9.59 Å². The maximum absolute atomic E-state index is 12.4. The fourth-order valence-corrected chi connectivity index (χ4v) is 6.04. The Labute approximate surface area is 230 Å². The molecule has 0 saturated carbocycles. The number of hydrogen-bond donors (Lipinski definition) is 2. The minimum atomic E-state index is -0.681. The average Bonchev–Trinajstić information content (AvgIpc) is 2.87. The molecule has 2 N–H and O–H groups in total. The predicted molar refractivity (Wildman–Crippen MR) is 158 cm³/mol. The van der Waals surface area contributed by atoms with Crippen LogP contribution < -0.4 is 0 Å². The van der Waals surface area contributed by atoms with Crippen molar-refractivity contribution in [2.75, 3.05) is 0 Å². The molecule has 0 aromatic heterocycles. The lowest BCUT2D eigenvalue weighted by Crippen LogP contribution is -2.28. The van der Waals surface area contributed by atoms with Crippen LogP contribution >= 0.6 is 0 Å². The molecule has 0 bridgehead atoms. The highest BCUT2D eigenvalue weighted by molar-refractivity contribution is 5.70. The van der Waals surface area contributed by atoms with Gasteiger partial charge in [-0.25, -0.2) is 0 Å². The lowest BCUT2D eigenvalue weighted by Gasteiger charge is -2.31. The van der Waals surface area contributed by atoms with E-state index in [0.717, 1.165) is 51.4 Å². The third-order valence-corrected chi connectivity index (χ3v) is 8.65. The van der Waals surface area contributed by atoms with E-state index in [4.69, 9.17) is 5.11 Å². The van der Waals surface area contributed by atoms with Crippen molar-refractivity contribution in [1.82, 2.24) is 0 Å². The van der Waals surface area contributed by atoms with Crippen LogP contribution in [0.1, 0.15) is 175 Å². The van der Waals surface area contributed by atoms with Crippen molar-refractivity contribution in [3.8, 4) is 0 Å². The summed E-state index contributed by atoms with van der Waals surface area (Å²) in [6, 6.07) is 0. The van der Waals surface area contributed by atoms with Gasteiger partial charge in [-0.1, -0.05) is 143 Å². The van der Waals surface area contributed by atoms with Crippen LogP contribution in [-0.4, -0.2) is 22.2 Å². The molecule has 0 heterocycles. The second kappa shape index (κ2) is 25.2. The quantitative estimate of drug-likeness (QED) is 0.0998. The summed E-state index contributed by atoms with van der Waals surface area (Å²) in [5.41, 5.74) is 0. The van der Waals surface area contributed by atoms with Gasteiger partial charge in [-0.05, 0) is 43.4 Å². The number of rotatable bonds is 28. The maximum atomic E-state index is 12.4. The molecular weight excluding hydrogens is 460 g/mol. The van der Waals surface area contributed by atoms with Gasteiger partial charge < -0.3 is 10.2 Å². The molecule has 0 rings (SSSR count). The highest BCUT2D eigenvalue weighted by Crippen LogP contribution is 2.36. The maximum Gasteiger partial charge on any atom is 0.306 e. The summed E-state index contributed by atoms with van der Waals surface area (Å²) in [5.74, 6) is 0.271. The van der Waals surface area contributed by atoms with Gasteiger partial charge in [-0.2, -0.15) is 0 Å². The van der Waals surface area contributed by atoms with Crippen LogP contribution in [0.3, 0.4) is 0 Å². The molecule has 4 heteroatoms. The van der Waals surface area contributed by atoms with Crippen LogP contribution in [0.4, 0.5) is 0 Å². The number of aliphatic carboxylic acids is 2. The smallest absolute Gasteiger partial charge is 0.306 e. The summed E-state index contributed by atoms with van der Waals surface area (Å²) >= 11 is 0. The van der Waals surface area contributed by atoms with Gasteiger partial charge in [-0.15, -0.1) is 0 Å². The van der Waals surface area contributed by atoms with Crippen LogP contribution in [0.2, 0.25) is 0 Å². The van der Waals surface area contributed by atoms with Crippen LogP contribution in [0.15, 0.2) is 0 Å². The molecule has 0 aliphatic rings. The molecule has 0 aliphatic carbocycles. The van der Waals surface area contributed by atoms with Crippen molar-refractivity contribution < 1.29 is 19.8 Å². The minimum Gasteiger partial charge on any atom is -0.481 e. The molecule has 0 spiro atoms. The summed E-state index contributed by atoms with van der Waals surface area (Å²) in [6.07, 6.45) is 25.9. The first kappa shape index (κ1) is 35.9. The minimum absolute atomic E-state index is 0.174. The Bertz CT molecular complexity index is 514. The molecule has 0 aromatic rings. The van der Waals surface area contributed by atoms with E-state index in [1.54, 1.807) is 0 Å². The van der Waals surface area contributed by atoms with Gasteiger partial charge in [0.25, 0.3) is 0 Å². The predicted octanol–water partition coefficient (Wildman–Crippen LogP) is 10.7. The number of hydrogen-bond acceptors (Lipinski definition) is 2. The van der Waals surface area contributed by atoms with E-state index in [1.807, 2.05) is 0 Å². The van der Waals surface area contributed by atoms with E-state index in [0.29, 0.717) is 24.2 Å². The number of carbonyl (C=O) groups is 2. The summed E-state index contributed by atoms with van der Waals surface area (Å²) in [4.78, 5) is 23.0. The van der Waals surface area contributed by atoms with Crippen LogP contribution in [0.5, 0.6) is 0 Å². The third-order valence-electron chi connectivity index (χ3n) is 8.65. The van der Waals surface area contributed by atoms with Gasteiger partial charge in [0.1, 0.15) is 0 Å². The zero-order valence-electron chi connectivity index (χ0n) is 25.3. The molecule has 220 valence electrons. The summed E-state index contributed by atoms with van der Waals surface area (Å²) in [7, 11) is 0. The Kier molecular flexibility index (Phi) is 24.5. The molecule has 0 radical (unpaired) electrons. The van der Waals surface area contributed by atoms with Crippen molar-refractivity contribution >= 4 is 11.9 Å². The summed E-state index contributed by atoms with van der Waals surface area (Å²) in [6.45, 7) is 9.10. The Morgan fingerprint density at radius 1 is 0.541 bits per heavy atom. The Balaban J connectivity index is 4.52. The summed E-state index contributed by atoms with van der Waals surface area (Å²) in [5, 5.41) is 18.9. The monoisotopic (exact) mass is 524 g/mol. The highest BCUT2D eigenvalue weighted by atomic mass is 16.4. The molecule has 0 amide bonds. The topological polar surface area (TPSA) is 74.6 Å². The Morgan fingerprint density at radius 2 is 0.946 bits per heavy atom. The first-order valence-corrected chi connectivity index (χ1v) is 16.3. The molecule has 0 fully saturated rings. The SMILES string of the molecule is CCCCC(CC)CC(CC(CC)CCCC)C(CCCCCCCCCCCCCC(=O)O)C(=O)O. The summed E-state index contributed by atoms with van der Waals surface area (Å²) < 4.78 is 0. The standard InChI is InChI=1S/C33H64O4/c1-5-9-22-28(7-3)26-30(27-29(8-4)23-10-6-2)31(33(36)37)24-20-18-16-14-12-11-13-15-17-19-21-25-32(34)35/h28-31H,5-27H2,1-4H3,(H,34,35)(H,36,37). The third kappa shape index (κ3) is 20.6. The van der Waals surface area contributed by atoms with Crippen LogP contribution in [0, 0.1) is 23.7 Å². The molecule has 3 unspecified atom stereocenters. The van der Waals surface area contributed by atoms with E-state index >= 15 is 0 Å². The molecule has 0 aliphatic heterocycles. The first-order valence-electron chi connectivity index (χ1n) is 16.3. The molecule has 3 atom stereocenters.